The molecule has 0 amide bonds. The Bertz CT molecular complexity index is 919. The van der Waals surface area contributed by atoms with E-state index in [-0.39, 0.29) is 25.0 Å². The van der Waals surface area contributed by atoms with E-state index in [1.165, 1.54) is 42.0 Å². The molecule has 0 aliphatic rings. The maximum atomic E-state index is 12.7. The maximum Gasteiger partial charge on any atom is 0.422 e. The van der Waals surface area contributed by atoms with Crippen molar-refractivity contribution in [2.75, 3.05) is 26.9 Å². The van der Waals surface area contributed by atoms with Crippen LogP contribution in [0.15, 0.2) is 53.9 Å². The molecule has 0 unspecified atom stereocenters. The Balaban J connectivity index is 2.41. The van der Waals surface area contributed by atoms with Crippen molar-refractivity contribution in [1.29, 1.82) is 0 Å². The third-order valence-corrected chi connectivity index (χ3v) is 3.73. The summed E-state index contributed by atoms with van der Waals surface area (Å²) in [4.78, 5) is 17.1. The van der Waals surface area contributed by atoms with Crippen LogP contribution >= 0.6 is 0 Å². The molecule has 0 aliphatic carbocycles. The predicted molar refractivity (Wildman–Crippen MR) is 103 cm³/mol. The minimum Gasteiger partial charge on any atom is -0.484 e. The van der Waals surface area contributed by atoms with Crippen LogP contribution in [-0.2, 0) is 4.74 Å². The third kappa shape index (κ3) is 6.21. The molecule has 1 aromatic carbocycles. The number of hydrogen-bond donors (Lipinski definition) is 0. The van der Waals surface area contributed by atoms with Crippen LogP contribution in [0.25, 0.3) is 11.3 Å². The maximum absolute atomic E-state index is 12.7. The molecule has 0 spiro atoms. The molecule has 156 valence electrons. The Kier molecular flexibility index (Phi) is 7.60. The molecule has 2 rings (SSSR count). The van der Waals surface area contributed by atoms with Crippen LogP contribution in [0.1, 0.15) is 12.6 Å². The number of aromatic nitrogens is 2. The van der Waals surface area contributed by atoms with E-state index in [2.05, 4.69) is 16.3 Å². The van der Waals surface area contributed by atoms with E-state index in [4.69, 9.17) is 9.47 Å². The number of benzene rings is 1. The number of alkyl halides is 3. The van der Waals surface area contributed by atoms with E-state index in [1.54, 1.807) is 19.1 Å². The first-order chi connectivity index (χ1) is 13.8. The van der Waals surface area contributed by atoms with Gasteiger partial charge in [-0.2, -0.15) is 18.2 Å². The second-order valence-electron chi connectivity index (χ2n) is 5.78. The summed E-state index contributed by atoms with van der Waals surface area (Å²) in [7, 11) is 1.51. The van der Waals surface area contributed by atoms with Gasteiger partial charge in [-0.25, -0.2) is 4.57 Å². The van der Waals surface area contributed by atoms with Crippen molar-refractivity contribution in [2.24, 2.45) is 0 Å². The van der Waals surface area contributed by atoms with E-state index < -0.39 is 18.3 Å². The molecule has 0 radical (unpaired) electrons. The number of methoxy groups -OCH3 is 1. The van der Waals surface area contributed by atoms with Crippen LogP contribution in [0.5, 0.6) is 11.8 Å². The fraction of sp³-hybridized carbons (Fsp3) is 0.300. The second kappa shape index (κ2) is 9.92. The lowest BCUT2D eigenvalue weighted by atomic mass is 10.2. The van der Waals surface area contributed by atoms with Gasteiger partial charge in [-0.15, -0.1) is 0 Å². The lowest BCUT2D eigenvalue weighted by Gasteiger charge is -2.15. The van der Waals surface area contributed by atoms with Gasteiger partial charge in [0, 0.05) is 13.2 Å². The van der Waals surface area contributed by atoms with E-state index in [0.29, 0.717) is 17.0 Å². The SMILES string of the molecule is C=C/C(=C\C)c1cc(=O)n(-c2ccc(OCC(F)(F)F)cc2)c(OCCOC)n1. The lowest BCUT2D eigenvalue weighted by molar-refractivity contribution is -0.153. The van der Waals surface area contributed by atoms with E-state index in [9.17, 15) is 18.0 Å². The van der Waals surface area contributed by atoms with Gasteiger partial charge in [0.15, 0.2) is 6.61 Å². The molecule has 6 nitrogen and oxygen atoms in total. The average Bonchev–Trinajstić information content (AvgIpc) is 2.67. The molecule has 0 saturated carbocycles. The minimum absolute atomic E-state index is 0.0217. The zero-order chi connectivity index (χ0) is 21.4. The normalized spacial score (nSPS) is 12.0. The van der Waals surface area contributed by atoms with Crippen molar-refractivity contribution < 1.29 is 27.4 Å². The first-order valence-electron chi connectivity index (χ1n) is 8.64. The molecule has 0 saturated heterocycles. The van der Waals surface area contributed by atoms with Gasteiger partial charge in [0.25, 0.3) is 5.56 Å². The fourth-order valence-electron chi connectivity index (χ4n) is 2.39. The summed E-state index contributed by atoms with van der Waals surface area (Å²) >= 11 is 0. The monoisotopic (exact) mass is 410 g/mol. The summed E-state index contributed by atoms with van der Waals surface area (Å²) in [6.07, 6.45) is -1.12. The number of nitrogens with zero attached hydrogens (tertiary/aromatic N) is 2. The van der Waals surface area contributed by atoms with Crippen molar-refractivity contribution >= 4 is 5.57 Å². The van der Waals surface area contributed by atoms with Gasteiger partial charge in [-0.1, -0.05) is 18.7 Å². The molecule has 0 fully saturated rings. The van der Waals surface area contributed by atoms with Crippen LogP contribution in [0.2, 0.25) is 0 Å². The highest BCUT2D eigenvalue weighted by Gasteiger charge is 2.28. The van der Waals surface area contributed by atoms with Crippen LogP contribution < -0.4 is 15.0 Å². The highest BCUT2D eigenvalue weighted by molar-refractivity contribution is 5.70. The highest BCUT2D eigenvalue weighted by atomic mass is 19.4. The highest BCUT2D eigenvalue weighted by Crippen LogP contribution is 2.22. The summed E-state index contributed by atoms with van der Waals surface area (Å²) in [5, 5.41) is 0. The Hall–Kier alpha value is -3.07. The summed E-state index contributed by atoms with van der Waals surface area (Å²) < 4.78 is 53.3. The van der Waals surface area contributed by atoms with Crippen molar-refractivity contribution in [3.05, 3.63) is 65.1 Å². The van der Waals surface area contributed by atoms with Gasteiger partial charge in [0.1, 0.15) is 12.4 Å². The van der Waals surface area contributed by atoms with Gasteiger partial charge in [0.05, 0.1) is 18.0 Å². The Morgan fingerprint density at radius 3 is 2.45 bits per heavy atom. The standard InChI is InChI=1S/C20H21F3N2O4/c1-4-14(5-2)17-12-18(26)25(19(24-17)28-11-10-27-3)15-6-8-16(9-7-15)29-13-20(21,22)23/h4-9,12H,1,10-11,13H2,2-3H3/b14-5+. The van der Waals surface area contributed by atoms with Gasteiger partial charge in [-0.3, -0.25) is 4.79 Å². The van der Waals surface area contributed by atoms with Crippen LogP contribution in [0, 0.1) is 0 Å². The molecule has 1 aromatic heterocycles. The molecule has 0 N–H and O–H groups in total. The van der Waals surface area contributed by atoms with Gasteiger partial charge in [-0.05, 0) is 36.8 Å². The smallest absolute Gasteiger partial charge is 0.422 e. The van der Waals surface area contributed by atoms with E-state index in [0.717, 1.165) is 0 Å². The molecule has 9 heteroatoms. The largest absolute Gasteiger partial charge is 0.484 e. The topological polar surface area (TPSA) is 62.6 Å². The van der Waals surface area contributed by atoms with Crippen molar-refractivity contribution in [3.8, 4) is 17.4 Å². The molecule has 29 heavy (non-hydrogen) atoms. The first-order valence-corrected chi connectivity index (χ1v) is 8.64. The van der Waals surface area contributed by atoms with E-state index >= 15 is 0 Å². The molecule has 1 heterocycles. The molecular formula is C20H21F3N2O4. The average molecular weight is 410 g/mol. The zero-order valence-electron chi connectivity index (χ0n) is 16.0. The lowest BCUT2D eigenvalue weighted by Crippen LogP contribution is -2.23. The van der Waals surface area contributed by atoms with Crippen molar-refractivity contribution in [2.45, 2.75) is 13.1 Å². The van der Waals surface area contributed by atoms with Crippen LogP contribution in [-0.4, -0.2) is 42.7 Å². The Morgan fingerprint density at radius 1 is 1.21 bits per heavy atom. The Labute approximate surface area is 165 Å². The summed E-state index contributed by atoms with van der Waals surface area (Å²) in [5.41, 5.74) is 0.983. The summed E-state index contributed by atoms with van der Waals surface area (Å²) in [5.74, 6) is 0.0217. The second-order valence-corrected chi connectivity index (χ2v) is 5.78. The molecule has 0 atom stereocenters. The van der Waals surface area contributed by atoms with Gasteiger partial charge in [0.2, 0.25) is 0 Å². The van der Waals surface area contributed by atoms with Crippen LogP contribution in [0.3, 0.4) is 0 Å². The minimum atomic E-state index is -4.44. The van der Waals surface area contributed by atoms with Gasteiger partial charge < -0.3 is 14.2 Å². The first kappa shape index (κ1) is 22.2. The molecule has 0 aliphatic heterocycles. The zero-order valence-corrected chi connectivity index (χ0v) is 16.0. The number of ether oxygens (including phenoxy) is 3. The summed E-state index contributed by atoms with van der Waals surface area (Å²) in [6.45, 7) is 4.51. The van der Waals surface area contributed by atoms with Gasteiger partial charge >= 0.3 is 12.2 Å². The summed E-state index contributed by atoms with van der Waals surface area (Å²) in [6, 6.07) is 6.91. The van der Waals surface area contributed by atoms with Crippen LogP contribution in [0.4, 0.5) is 13.2 Å². The number of allylic oxidation sites excluding steroid dienone is 3. The third-order valence-electron chi connectivity index (χ3n) is 3.73. The van der Waals surface area contributed by atoms with Crippen molar-refractivity contribution in [1.82, 2.24) is 9.55 Å². The van der Waals surface area contributed by atoms with E-state index in [1.807, 2.05) is 0 Å². The quantitative estimate of drug-likeness (QED) is 0.465. The van der Waals surface area contributed by atoms with Crippen molar-refractivity contribution in [3.63, 3.8) is 0 Å². The number of rotatable bonds is 9. The molecule has 2 aromatic rings. The Morgan fingerprint density at radius 2 is 1.90 bits per heavy atom. The predicted octanol–water partition coefficient (Wildman–Crippen LogP) is 3.79. The molecule has 0 bridgehead atoms. The molecular weight excluding hydrogens is 389 g/mol. The fourth-order valence-corrected chi connectivity index (χ4v) is 2.39. The number of hydrogen-bond acceptors (Lipinski definition) is 5. The number of halogens is 3.